The quantitative estimate of drug-likeness (QED) is 0.197. The first-order valence-electron chi connectivity index (χ1n) is 10.8. The molecule has 1 aromatic heterocycles. The number of thioether (sulfide) groups is 1. The maximum absolute atomic E-state index is 12.7. The second kappa shape index (κ2) is 11.4. The minimum absolute atomic E-state index is 0.0239. The molecule has 5 nitrogen and oxygen atoms in total. The van der Waals surface area contributed by atoms with E-state index in [1.54, 1.807) is 48.5 Å². The van der Waals surface area contributed by atoms with Gasteiger partial charge in [-0.05, 0) is 55.0 Å². The number of nitrogens with zero attached hydrogens (tertiary/aromatic N) is 2. The molecule has 0 fully saturated rings. The summed E-state index contributed by atoms with van der Waals surface area (Å²) in [6.45, 7) is 1.47. The summed E-state index contributed by atoms with van der Waals surface area (Å²) >= 11 is 13.3. The van der Waals surface area contributed by atoms with Crippen LogP contribution in [0.25, 0.3) is 22.4 Å². The molecule has 1 N–H and O–H groups in total. The van der Waals surface area contributed by atoms with Crippen LogP contribution in [0.5, 0.6) is 0 Å². The third kappa shape index (κ3) is 6.13. The average molecular weight is 532 g/mol. The van der Waals surface area contributed by atoms with E-state index in [1.165, 1.54) is 18.7 Å². The van der Waals surface area contributed by atoms with Crippen molar-refractivity contribution in [1.82, 2.24) is 4.98 Å². The molecule has 1 heterocycles. The maximum atomic E-state index is 12.7. The zero-order chi connectivity index (χ0) is 25.7. The Labute approximate surface area is 223 Å². The smallest absolute Gasteiger partial charge is 0.234 e. The van der Waals surface area contributed by atoms with Crippen LogP contribution >= 0.6 is 35.0 Å². The number of hydrogen-bond donors (Lipinski definition) is 1. The lowest BCUT2D eigenvalue weighted by Gasteiger charge is -2.13. The molecule has 0 spiro atoms. The van der Waals surface area contributed by atoms with E-state index in [-0.39, 0.29) is 17.4 Å². The molecule has 0 unspecified atom stereocenters. The number of aromatic nitrogens is 1. The molecule has 0 bridgehead atoms. The van der Waals surface area contributed by atoms with Crippen molar-refractivity contribution in [2.24, 2.45) is 0 Å². The molecule has 4 rings (SSSR count). The average Bonchev–Trinajstić information content (AvgIpc) is 2.88. The summed E-state index contributed by atoms with van der Waals surface area (Å²) in [5, 5.41) is 14.4. The van der Waals surface area contributed by atoms with Gasteiger partial charge in [0.1, 0.15) is 11.1 Å². The van der Waals surface area contributed by atoms with Crippen molar-refractivity contribution in [2.75, 3.05) is 11.1 Å². The summed E-state index contributed by atoms with van der Waals surface area (Å²) in [5.74, 6) is -0.343. The maximum Gasteiger partial charge on any atom is 0.234 e. The molecule has 0 aliphatic carbocycles. The van der Waals surface area contributed by atoms with Gasteiger partial charge >= 0.3 is 0 Å². The van der Waals surface area contributed by atoms with Gasteiger partial charge in [-0.3, -0.25) is 9.59 Å². The molecule has 0 aliphatic heterocycles. The molecule has 0 saturated carbocycles. The Morgan fingerprint density at radius 2 is 1.58 bits per heavy atom. The fourth-order valence-corrected chi connectivity index (χ4v) is 4.56. The number of amides is 1. The zero-order valence-electron chi connectivity index (χ0n) is 19.1. The van der Waals surface area contributed by atoms with Crippen molar-refractivity contribution in [3.8, 4) is 28.5 Å². The van der Waals surface area contributed by atoms with Crippen molar-refractivity contribution in [1.29, 1.82) is 5.26 Å². The summed E-state index contributed by atoms with van der Waals surface area (Å²) in [6.07, 6.45) is 0. The highest BCUT2D eigenvalue weighted by atomic mass is 35.5. The summed E-state index contributed by atoms with van der Waals surface area (Å²) < 4.78 is 0. The number of benzene rings is 3. The summed E-state index contributed by atoms with van der Waals surface area (Å²) in [6, 6.07) is 25.3. The van der Waals surface area contributed by atoms with Gasteiger partial charge in [-0.15, -0.1) is 0 Å². The molecule has 0 radical (unpaired) electrons. The molecular formula is C28H19Cl2N3O2S. The number of halogens is 2. The molecule has 3 aromatic carbocycles. The van der Waals surface area contributed by atoms with E-state index in [2.05, 4.69) is 11.4 Å². The highest BCUT2D eigenvalue weighted by molar-refractivity contribution is 8.00. The van der Waals surface area contributed by atoms with Crippen LogP contribution in [-0.2, 0) is 4.79 Å². The van der Waals surface area contributed by atoms with E-state index in [0.717, 1.165) is 11.1 Å². The Bertz CT molecular complexity index is 1480. The number of carbonyl (C=O) groups is 2. The van der Waals surface area contributed by atoms with E-state index in [0.29, 0.717) is 43.1 Å². The van der Waals surface area contributed by atoms with Crippen molar-refractivity contribution >= 4 is 52.3 Å². The van der Waals surface area contributed by atoms with Gasteiger partial charge in [0, 0.05) is 32.4 Å². The van der Waals surface area contributed by atoms with Crippen molar-refractivity contribution < 1.29 is 9.59 Å². The van der Waals surface area contributed by atoms with Gasteiger partial charge in [0.05, 0.1) is 17.0 Å². The number of hydrogen-bond acceptors (Lipinski definition) is 5. The van der Waals surface area contributed by atoms with Crippen LogP contribution in [0.1, 0.15) is 22.8 Å². The van der Waals surface area contributed by atoms with Gasteiger partial charge in [-0.1, -0.05) is 71.4 Å². The summed E-state index contributed by atoms with van der Waals surface area (Å²) in [7, 11) is 0. The van der Waals surface area contributed by atoms with Crippen LogP contribution in [0.2, 0.25) is 10.0 Å². The minimum atomic E-state index is -0.281. The second-order valence-electron chi connectivity index (χ2n) is 7.83. The Hall–Kier alpha value is -3.63. The lowest BCUT2D eigenvalue weighted by atomic mass is 9.99. The lowest BCUT2D eigenvalue weighted by Crippen LogP contribution is -2.14. The largest absolute Gasteiger partial charge is 0.325 e. The fraction of sp³-hybridized carbons (Fsp3) is 0.0714. The highest BCUT2D eigenvalue weighted by Gasteiger charge is 2.17. The minimum Gasteiger partial charge on any atom is -0.325 e. The molecular weight excluding hydrogens is 513 g/mol. The lowest BCUT2D eigenvalue weighted by molar-refractivity contribution is -0.113. The first-order valence-corrected chi connectivity index (χ1v) is 12.6. The Morgan fingerprint density at radius 3 is 2.19 bits per heavy atom. The fourth-order valence-electron chi connectivity index (χ4n) is 3.51. The Morgan fingerprint density at radius 1 is 0.944 bits per heavy atom. The van der Waals surface area contributed by atoms with Crippen LogP contribution < -0.4 is 5.32 Å². The normalized spacial score (nSPS) is 10.5. The van der Waals surface area contributed by atoms with Gasteiger partial charge in [0.25, 0.3) is 0 Å². The van der Waals surface area contributed by atoms with Gasteiger partial charge < -0.3 is 5.32 Å². The number of rotatable bonds is 7. The van der Waals surface area contributed by atoms with Crippen LogP contribution in [-0.4, -0.2) is 22.4 Å². The molecule has 8 heteroatoms. The number of ketones is 1. The van der Waals surface area contributed by atoms with Crippen molar-refractivity contribution in [3.05, 3.63) is 100 Å². The SMILES string of the molecule is CC(=O)c1cccc(NC(=O)CSc2nc(-c3ccc(Cl)cc3)cc(-c3ccc(Cl)cc3)c2C#N)c1. The van der Waals surface area contributed by atoms with Crippen molar-refractivity contribution in [3.63, 3.8) is 0 Å². The van der Waals surface area contributed by atoms with Crippen molar-refractivity contribution in [2.45, 2.75) is 11.9 Å². The van der Waals surface area contributed by atoms with Gasteiger partial charge in [-0.25, -0.2) is 4.98 Å². The number of anilines is 1. The summed E-state index contributed by atoms with van der Waals surface area (Å²) in [4.78, 5) is 29.0. The van der Waals surface area contributed by atoms with Crippen LogP contribution in [0.4, 0.5) is 5.69 Å². The van der Waals surface area contributed by atoms with Gasteiger partial charge in [0.2, 0.25) is 5.91 Å². The van der Waals surface area contributed by atoms with E-state index in [4.69, 9.17) is 28.2 Å². The monoisotopic (exact) mass is 531 g/mol. The van der Waals surface area contributed by atoms with E-state index in [1.807, 2.05) is 30.3 Å². The van der Waals surface area contributed by atoms with Crippen LogP contribution in [0.3, 0.4) is 0 Å². The van der Waals surface area contributed by atoms with Gasteiger partial charge in [-0.2, -0.15) is 5.26 Å². The predicted molar refractivity (Wildman–Crippen MR) is 146 cm³/mol. The molecule has 1 amide bonds. The number of pyridine rings is 1. The van der Waals surface area contributed by atoms with E-state index in [9.17, 15) is 14.9 Å². The molecule has 4 aromatic rings. The third-order valence-electron chi connectivity index (χ3n) is 5.29. The van der Waals surface area contributed by atoms with Gasteiger partial charge in [0.15, 0.2) is 5.78 Å². The molecule has 36 heavy (non-hydrogen) atoms. The van der Waals surface area contributed by atoms with E-state index >= 15 is 0 Å². The third-order valence-corrected chi connectivity index (χ3v) is 6.77. The molecule has 178 valence electrons. The Balaban J connectivity index is 1.67. The predicted octanol–water partition coefficient (Wildman–Crippen LogP) is 7.53. The molecule has 0 aliphatic rings. The highest BCUT2D eigenvalue weighted by Crippen LogP contribution is 2.35. The number of nitriles is 1. The Kier molecular flexibility index (Phi) is 8.07. The standard InChI is InChI=1S/C28H19Cl2N3O2S/c1-17(34)20-3-2-4-23(13-20)32-27(35)16-36-28-25(15-31)24(18-5-9-21(29)10-6-18)14-26(33-28)19-7-11-22(30)12-8-19/h2-14H,16H2,1H3,(H,32,35). The van der Waals surface area contributed by atoms with Crippen LogP contribution in [0.15, 0.2) is 83.9 Å². The molecule has 0 saturated heterocycles. The van der Waals surface area contributed by atoms with Crippen LogP contribution in [0, 0.1) is 11.3 Å². The first-order chi connectivity index (χ1) is 17.3. The number of nitrogens with one attached hydrogen (secondary N) is 1. The summed E-state index contributed by atoms with van der Waals surface area (Å²) in [5.41, 5.74) is 4.37. The molecule has 0 atom stereocenters. The zero-order valence-corrected chi connectivity index (χ0v) is 21.4. The first kappa shape index (κ1) is 25.5. The van der Waals surface area contributed by atoms with E-state index < -0.39 is 0 Å². The second-order valence-corrected chi connectivity index (χ2v) is 9.67. The number of carbonyl (C=O) groups excluding carboxylic acids is 2. The topological polar surface area (TPSA) is 82.8 Å². The number of Topliss-reactive ketones (excluding diaryl/α,β-unsaturated/α-hetero) is 1.